The molecule has 0 spiro atoms. The molecule has 0 amide bonds. The standard InChI is InChI=1S/C11H19N5O3/c1-2-18-5-8(4-17)19-7-16-6-14-9-3-13-11(12)15-10(9)16/h6,8,17H,2-5,7H2,1H3,(H3,12,13,15). The first-order valence-electron chi connectivity index (χ1n) is 6.15. The lowest BCUT2D eigenvalue weighted by Gasteiger charge is -2.18. The summed E-state index contributed by atoms with van der Waals surface area (Å²) in [7, 11) is 0. The number of aliphatic hydroxyl groups is 1. The van der Waals surface area contributed by atoms with Crippen LogP contribution in [0.5, 0.6) is 0 Å². The van der Waals surface area contributed by atoms with Gasteiger partial charge >= 0.3 is 0 Å². The van der Waals surface area contributed by atoms with E-state index in [1.165, 1.54) is 0 Å². The summed E-state index contributed by atoms with van der Waals surface area (Å²) in [6.45, 7) is 3.49. The molecule has 0 aliphatic carbocycles. The molecule has 1 unspecified atom stereocenters. The van der Waals surface area contributed by atoms with Gasteiger partial charge in [0.2, 0.25) is 0 Å². The van der Waals surface area contributed by atoms with Crippen LogP contribution in [-0.4, -0.2) is 46.5 Å². The number of rotatable bonds is 7. The predicted octanol–water partition coefficient (Wildman–Crippen LogP) is -0.505. The SMILES string of the molecule is CCOCC(CO)OCn1cnc2c1NC(N)=NC2. The minimum absolute atomic E-state index is 0.0894. The molecule has 8 heteroatoms. The second-order valence-electron chi connectivity index (χ2n) is 4.10. The fourth-order valence-electron chi connectivity index (χ4n) is 1.69. The predicted molar refractivity (Wildman–Crippen MR) is 69.6 cm³/mol. The van der Waals surface area contributed by atoms with Crippen molar-refractivity contribution in [2.45, 2.75) is 26.3 Å². The van der Waals surface area contributed by atoms with Crippen LogP contribution in [0.15, 0.2) is 11.3 Å². The second kappa shape index (κ2) is 6.50. The molecule has 2 rings (SSSR count). The molecule has 19 heavy (non-hydrogen) atoms. The molecule has 1 aromatic rings. The lowest BCUT2D eigenvalue weighted by Crippen LogP contribution is -2.29. The highest BCUT2D eigenvalue weighted by molar-refractivity contribution is 5.93. The summed E-state index contributed by atoms with van der Waals surface area (Å²) in [6, 6.07) is 0. The average molecular weight is 269 g/mol. The van der Waals surface area contributed by atoms with Gasteiger partial charge < -0.3 is 25.6 Å². The number of hydrogen-bond acceptors (Lipinski definition) is 7. The Balaban J connectivity index is 1.92. The van der Waals surface area contributed by atoms with E-state index in [1.807, 2.05) is 6.92 Å². The molecular formula is C11H19N5O3. The molecule has 0 radical (unpaired) electrons. The Bertz CT molecular complexity index is 446. The van der Waals surface area contributed by atoms with Gasteiger partial charge in [-0.1, -0.05) is 0 Å². The minimum atomic E-state index is -0.354. The number of fused-ring (bicyclic) bond motifs is 1. The number of aliphatic imine (C=N–C) groups is 1. The molecule has 4 N–H and O–H groups in total. The summed E-state index contributed by atoms with van der Waals surface area (Å²) in [5.41, 5.74) is 6.44. The number of ether oxygens (including phenoxy) is 2. The van der Waals surface area contributed by atoms with Crippen molar-refractivity contribution in [2.24, 2.45) is 10.7 Å². The van der Waals surface area contributed by atoms with Gasteiger partial charge in [0.1, 0.15) is 24.3 Å². The van der Waals surface area contributed by atoms with Gasteiger partial charge in [-0.2, -0.15) is 0 Å². The van der Waals surface area contributed by atoms with Gasteiger partial charge in [-0.3, -0.25) is 4.57 Å². The molecule has 0 aromatic carbocycles. The van der Waals surface area contributed by atoms with Crippen molar-refractivity contribution < 1.29 is 14.6 Å². The third kappa shape index (κ3) is 3.43. The Kier molecular flexibility index (Phi) is 4.72. The Morgan fingerprint density at radius 3 is 3.21 bits per heavy atom. The van der Waals surface area contributed by atoms with Crippen LogP contribution in [0.25, 0.3) is 0 Å². The highest BCUT2D eigenvalue weighted by atomic mass is 16.5. The third-order valence-electron chi connectivity index (χ3n) is 2.72. The van der Waals surface area contributed by atoms with E-state index < -0.39 is 0 Å². The zero-order valence-corrected chi connectivity index (χ0v) is 10.9. The van der Waals surface area contributed by atoms with Crippen molar-refractivity contribution in [1.82, 2.24) is 9.55 Å². The highest BCUT2D eigenvalue weighted by Crippen LogP contribution is 2.18. The number of imidazole rings is 1. The summed E-state index contributed by atoms with van der Waals surface area (Å²) in [5, 5.41) is 12.1. The number of nitrogens with zero attached hydrogens (tertiary/aromatic N) is 3. The van der Waals surface area contributed by atoms with Crippen LogP contribution in [0.2, 0.25) is 0 Å². The van der Waals surface area contributed by atoms with Crippen LogP contribution in [0.1, 0.15) is 12.6 Å². The smallest absolute Gasteiger partial charge is 0.194 e. The maximum atomic E-state index is 9.18. The minimum Gasteiger partial charge on any atom is -0.394 e. The topological polar surface area (TPSA) is 107 Å². The van der Waals surface area contributed by atoms with E-state index >= 15 is 0 Å². The largest absolute Gasteiger partial charge is 0.394 e. The number of aromatic nitrogens is 2. The summed E-state index contributed by atoms with van der Waals surface area (Å²) < 4.78 is 12.6. The monoisotopic (exact) mass is 269 g/mol. The van der Waals surface area contributed by atoms with Crippen LogP contribution in [0.3, 0.4) is 0 Å². The fourth-order valence-corrected chi connectivity index (χ4v) is 1.69. The molecule has 2 heterocycles. The molecule has 1 aromatic heterocycles. The highest BCUT2D eigenvalue weighted by Gasteiger charge is 2.16. The maximum absolute atomic E-state index is 9.18. The van der Waals surface area contributed by atoms with E-state index in [2.05, 4.69) is 15.3 Å². The van der Waals surface area contributed by atoms with E-state index in [4.69, 9.17) is 15.2 Å². The fraction of sp³-hybridized carbons (Fsp3) is 0.636. The quantitative estimate of drug-likeness (QED) is 0.615. The van der Waals surface area contributed by atoms with Crippen molar-refractivity contribution in [3.05, 3.63) is 12.0 Å². The van der Waals surface area contributed by atoms with E-state index in [-0.39, 0.29) is 19.4 Å². The van der Waals surface area contributed by atoms with E-state index in [9.17, 15) is 5.11 Å². The van der Waals surface area contributed by atoms with E-state index in [0.717, 1.165) is 11.5 Å². The van der Waals surface area contributed by atoms with Gasteiger partial charge in [0.25, 0.3) is 0 Å². The van der Waals surface area contributed by atoms with E-state index in [1.54, 1.807) is 10.9 Å². The summed E-state index contributed by atoms with van der Waals surface area (Å²) in [5.74, 6) is 1.14. The second-order valence-corrected chi connectivity index (χ2v) is 4.10. The number of aliphatic hydroxyl groups excluding tert-OH is 1. The first-order valence-corrected chi connectivity index (χ1v) is 6.15. The molecule has 1 atom stereocenters. The molecule has 1 aliphatic rings. The number of anilines is 1. The average Bonchev–Trinajstić information content (AvgIpc) is 2.81. The molecular weight excluding hydrogens is 250 g/mol. The number of nitrogens with one attached hydrogen (secondary N) is 1. The zero-order valence-electron chi connectivity index (χ0n) is 10.9. The van der Waals surface area contributed by atoms with Gasteiger partial charge in [0.15, 0.2) is 5.96 Å². The van der Waals surface area contributed by atoms with Gasteiger partial charge in [0, 0.05) is 6.61 Å². The third-order valence-corrected chi connectivity index (χ3v) is 2.72. The Hall–Kier alpha value is -1.64. The number of hydrogen-bond donors (Lipinski definition) is 3. The maximum Gasteiger partial charge on any atom is 0.194 e. The molecule has 0 saturated carbocycles. The first-order chi connectivity index (χ1) is 9.24. The van der Waals surface area contributed by atoms with Crippen molar-refractivity contribution in [3.8, 4) is 0 Å². The Labute approximate surface area is 111 Å². The summed E-state index contributed by atoms with van der Waals surface area (Å²) >= 11 is 0. The molecule has 106 valence electrons. The Morgan fingerprint density at radius 2 is 2.47 bits per heavy atom. The molecule has 0 fully saturated rings. The van der Waals surface area contributed by atoms with Crippen molar-refractivity contribution in [3.63, 3.8) is 0 Å². The lowest BCUT2D eigenvalue weighted by molar-refractivity contribution is -0.0650. The van der Waals surface area contributed by atoms with Crippen LogP contribution in [0, 0.1) is 0 Å². The van der Waals surface area contributed by atoms with Gasteiger partial charge in [-0.05, 0) is 6.92 Å². The Morgan fingerprint density at radius 1 is 1.63 bits per heavy atom. The van der Waals surface area contributed by atoms with Crippen LogP contribution in [-0.2, 0) is 22.7 Å². The molecule has 0 saturated heterocycles. The van der Waals surface area contributed by atoms with Crippen molar-refractivity contribution in [2.75, 3.05) is 25.1 Å². The van der Waals surface area contributed by atoms with E-state index in [0.29, 0.717) is 25.7 Å². The zero-order chi connectivity index (χ0) is 13.7. The number of nitrogens with two attached hydrogens (primary N) is 1. The number of guanidine groups is 1. The van der Waals surface area contributed by atoms with Crippen LogP contribution >= 0.6 is 0 Å². The van der Waals surface area contributed by atoms with Crippen molar-refractivity contribution >= 4 is 11.8 Å². The van der Waals surface area contributed by atoms with Gasteiger partial charge in [-0.15, -0.1) is 0 Å². The summed E-state index contributed by atoms with van der Waals surface area (Å²) in [4.78, 5) is 8.26. The molecule has 0 bridgehead atoms. The van der Waals surface area contributed by atoms with Crippen LogP contribution in [0.4, 0.5) is 5.82 Å². The summed E-state index contributed by atoms with van der Waals surface area (Å²) in [6.07, 6.45) is 1.30. The normalized spacial score (nSPS) is 15.6. The molecule has 8 nitrogen and oxygen atoms in total. The van der Waals surface area contributed by atoms with Gasteiger partial charge in [0.05, 0.1) is 26.1 Å². The van der Waals surface area contributed by atoms with Crippen molar-refractivity contribution in [1.29, 1.82) is 0 Å². The first kappa shape index (κ1) is 13.8. The lowest BCUT2D eigenvalue weighted by atomic mass is 10.4. The van der Waals surface area contributed by atoms with Gasteiger partial charge in [-0.25, -0.2) is 9.98 Å². The molecule has 1 aliphatic heterocycles. The van der Waals surface area contributed by atoms with Crippen LogP contribution < -0.4 is 11.1 Å².